The van der Waals surface area contributed by atoms with Crippen LogP contribution in [0.4, 0.5) is 10.1 Å². The molecule has 116 valence electrons. The summed E-state index contributed by atoms with van der Waals surface area (Å²) in [4.78, 5) is 9.24. The summed E-state index contributed by atoms with van der Waals surface area (Å²) in [7, 11) is -4.14. The van der Waals surface area contributed by atoms with Crippen LogP contribution in [0.5, 0.6) is 0 Å². The predicted molar refractivity (Wildman–Crippen MR) is 73.9 cm³/mol. The van der Waals surface area contributed by atoms with E-state index in [1.165, 1.54) is 0 Å². The van der Waals surface area contributed by atoms with Crippen LogP contribution in [0.1, 0.15) is 19.8 Å². The highest BCUT2D eigenvalue weighted by molar-refractivity contribution is 7.89. The highest BCUT2D eigenvalue weighted by Gasteiger charge is 2.32. The summed E-state index contributed by atoms with van der Waals surface area (Å²) in [6.07, 6.45) is 1.15. The van der Waals surface area contributed by atoms with Gasteiger partial charge in [0.15, 0.2) is 4.90 Å². The molecule has 0 saturated carbocycles. The number of sulfonamides is 1. The van der Waals surface area contributed by atoms with Gasteiger partial charge in [-0.2, -0.15) is 4.39 Å². The first-order valence-corrected chi connectivity index (χ1v) is 7.98. The molecule has 2 N–H and O–H groups in total. The lowest BCUT2D eigenvalue weighted by molar-refractivity contribution is -0.390. The molecular weight excluding hydrogens is 301 g/mol. The van der Waals surface area contributed by atoms with Crippen molar-refractivity contribution in [3.63, 3.8) is 0 Å². The van der Waals surface area contributed by atoms with Crippen molar-refractivity contribution in [3.8, 4) is 0 Å². The molecule has 1 aliphatic rings. The number of piperidine rings is 1. The van der Waals surface area contributed by atoms with E-state index in [2.05, 4.69) is 10.0 Å². The van der Waals surface area contributed by atoms with Crippen LogP contribution < -0.4 is 10.0 Å². The van der Waals surface area contributed by atoms with Crippen molar-refractivity contribution < 1.29 is 17.7 Å². The molecule has 1 heterocycles. The van der Waals surface area contributed by atoms with E-state index in [4.69, 9.17) is 0 Å². The molecule has 0 spiro atoms. The van der Waals surface area contributed by atoms with Gasteiger partial charge in [0, 0.05) is 12.1 Å². The van der Waals surface area contributed by atoms with E-state index in [-0.39, 0.29) is 12.1 Å². The molecule has 0 aliphatic carbocycles. The molecule has 2 rings (SSSR count). The van der Waals surface area contributed by atoms with E-state index in [0.29, 0.717) is 19.4 Å². The summed E-state index contributed by atoms with van der Waals surface area (Å²) >= 11 is 0. The third-order valence-electron chi connectivity index (χ3n) is 3.37. The molecule has 1 saturated heterocycles. The summed E-state index contributed by atoms with van der Waals surface area (Å²) in [5, 5.41) is 14.1. The fourth-order valence-electron chi connectivity index (χ4n) is 2.41. The molecule has 1 aromatic carbocycles. The normalized spacial score (nSPS) is 23.0. The standard InChI is InChI=1S/C12H16FN3O4S/c1-8-7-9(5-6-14-8)15-21(19,20)11-4-2-3-10(13)12(11)16(17)18/h2-4,8-9,14-15H,5-7H2,1H3. The van der Waals surface area contributed by atoms with Gasteiger partial charge in [0.1, 0.15) is 0 Å². The van der Waals surface area contributed by atoms with Crippen LogP contribution in [0.2, 0.25) is 0 Å². The van der Waals surface area contributed by atoms with E-state index in [1.807, 2.05) is 6.92 Å². The maximum Gasteiger partial charge on any atom is 0.324 e. The lowest BCUT2D eigenvalue weighted by Gasteiger charge is -2.28. The Balaban J connectivity index is 2.32. The Kier molecular flexibility index (Phi) is 4.55. The number of benzene rings is 1. The van der Waals surface area contributed by atoms with Crippen molar-refractivity contribution in [3.05, 3.63) is 34.1 Å². The first-order valence-electron chi connectivity index (χ1n) is 6.50. The number of nitrogens with zero attached hydrogens (tertiary/aromatic N) is 1. The number of nitrogens with one attached hydrogen (secondary N) is 2. The Morgan fingerprint density at radius 2 is 2.19 bits per heavy atom. The Morgan fingerprint density at radius 3 is 2.81 bits per heavy atom. The second-order valence-electron chi connectivity index (χ2n) is 5.04. The lowest BCUT2D eigenvalue weighted by atomic mass is 10.0. The van der Waals surface area contributed by atoms with Crippen LogP contribution in [0.25, 0.3) is 0 Å². The van der Waals surface area contributed by atoms with Crippen molar-refractivity contribution >= 4 is 15.7 Å². The minimum absolute atomic E-state index is 0.147. The maximum atomic E-state index is 13.5. The number of para-hydroxylation sites is 1. The molecule has 2 atom stereocenters. The van der Waals surface area contributed by atoms with Crippen LogP contribution in [0.15, 0.2) is 23.1 Å². The zero-order chi connectivity index (χ0) is 15.6. The Morgan fingerprint density at radius 1 is 1.48 bits per heavy atom. The molecular formula is C12H16FN3O4S. The quantitative estimate of drug-likeness (QED) is 0.641. The minimum atomic E-state index is -4.14. The molecule has 0 bridgehead atoms. The number of hydrogen-bond donors (Lipinski definition) is 2. The molecule has 21 heavy (non-hydrogen) atoms. The summed E-state index contributed by atoms with van der Waals surface area (Å²) in [5.41, 5.74) is -1.02. The largest absolute Gasteiger partial charge is 0.324 e. The average Bonchev–Trinajstić information content (AvgIpc) is 2.37. The van der Waals surface area contributed by atoms with Gasteiger partial charge in [0.25, 0.3) is 0 Å². The van der Waals surface area contributed by atoms with Crippen molar-refractivity contribution in [1.82, 2.24) is 10.0 Å². The van der Waals surface area contributed by atoms with Gasteiger partial charge >= 0.3 is 5.69 Å². The first kappa shape index (κ1) is 15.8. The second-order valence-corrected chi connectivity index (χ2v) is 6.72. The molecule has 9 heteroatoms. The first-order chi connectivity index (χ1) is 9.81. The van der Waals surface area contributed by atoms with E-state index in [1.54, 1.807) is 0 Å². The molecule has 1 fully saturated rings. The summed E-state index contributed by atoms with van der Waals surface area (Å²) < 4.78 is 40.5. The molecule has 1 aromatic rings. The van der Waals surface area contributed by atoms with Crippen molar-refractivity contribution in [2.45, 2.75) is 36.7 Å². The third-order valence-corrected chi connectivity index (χ3v) is 4.92. The summed E-state index contributed by atoms with van der Waals surface area (Å²) in [6.45, 7) is 2.57. The second kappa shape index (κ2) is 6.04. The molecule has 0 radical (unpaired) electrons. The number of nitro groups is 1. The van der Waals surface area contributed by atoms with Crippen LogP contribution in [-0.4, -0.2) is 32.0 Å². The Hall–Kier alpha value is -1.58. The van der Waals surface area contributed by atoms with Gasteiger partial charge in [0.2, 0.25) is 15.8 Å². The topological polar surface area (TPSA) is 101 Å². The van der Waals surface area contributed by atoms with Gasteiger partial charge < -0.3 is 5.32 Å². The molecule has 7 nitrogen and oxygen atoms in total. The van der Waals surface area contributed by atoms with Crippen LogP contribution in [0.3, 0.4) is 0 Å². The van der Waals surface area contributed by atoms with Crippen molar-refractivity contribution in [2.75, 3.05) is 6.54 Å². The van der Waals surface area contributed by atoms with Crippen LogP contribution in [-0.2, 0) is 10.0 Å². The van der Waals surface area contributed by atoms with Gasteiger partial charge in [0.05, 0.1) is 4.92 Å². The fourth-order valence-corrected chi connectivity index (χ4v) is 3.88. The number of rotatable bonds is 4. The predicted octanol–water partition coefficient (Wildman–Crippen LogP) is 1.15. The minimum Gasteiger partial charge on any atom is -0.314 e. The van der Waals surface area contributed by atoms with Crippen molar-refractivity contribution in [1.29, 1.82) is 0 Å². The number of halogens is 1. The monoisotopic (exact) mass is 317 g/mol. The van der Waals surface area contributed by atoms with Gasteiger partial charge in [-0.15, -0.1) is 0 Å². The Bertz CT molecular complexity index is 650. The lowest BCUT2D eigenvalue weighted by Crippen LogP contribution is -2.46. The van der Waals surface area contributed by atoms with E-state index in [9.17, 15) is 22.9 Å². The van der Waals surface area contributed by atoms with Crippen LogP contribution in [0, 0.1) is 15.9 Å². The van der Waals surface area contributed by atoms with Gasteiger partial charge in [-0.1, -0.05) is 6.07 Å². The molecule has 1 aliphatic heterocycles. The average molecular weight is 317 g/mol. The number of nitro benzene ring substituents is 1. The Labute approximate surface area is 121 Å². The van der Waals surface area contributed by atoms with Gasteiger partial charge in [-0.3, -0.25) is 10.1 Å². The zero-order valence-electron chi connectivity index (χ0n) is 11.4. The van der Waals surface area contributed by atoms with E-state index < -0.39 is 31.3 Å². The molecule has 0 aromatic heterocycles. The van der Waals surface area contributed by atoms with Crippen molar-refractivity contribution in [2.24, 2.45) is 0 Å². The number of hydrogen-bond acceptors (Lipinski definition) is 5. The SMILES string of the molecule is CC1CC(NS(=O)(=O)c2cccc(F)c2[N+](=O)[O-])CCN1. The molecule has 0 amide bonds. The smallest absolute Gasteiger partial charge is 0.314 e. The summed E-state index contributed by atoms with van der Waals surface area (Å²) in [5.74, 6) is -1.17. The third kappa shape index (κ3) is 3.55. The molecule has 2 unspecified atom stereocenters. The van der Waals surface area contributed by atoms with Crippen LogP contribution >= 0.6 is 0 Å². The van der Waals surface area contributed by atoms with Gasteiger partial charge in [-0.25, -0.2) is 13.1 Å². The van der Waals surface area contributed by atoms with Gasteiger partial charge in [-0.05, 0) is 38.4 Å². The fraction of sp³-hybridized carbons (Fsp3) is 0.500. The van der Waals surface area contributed by atoms with E-state index in [0.717, 1.165) is 18.2 Å². The highest BCUT2D eigenvalue weighted by Crippen LogP contribution is 2.27. The maximum absolute atomic E-state index is 13.5. The summed E-state index contributed by atoms with van der Waals surface area (Å²) in [6, 6.07) is 2.86. The highest BCUT2D eigenvalue weighted by atomic mass is 32.2. The van der Waals surface area contributed by atoms with E-state index >= 15 is 0 Å². The zero-order valence-corrected chi connectivity index (χ0v) is 12.2.